The maximum Gasteiger partial charge on any atom is 0.262 e. The van der Waals surface area contributed by atoms with E-state index in [4.69, 9.17) is 8.85 Å². The quantitative estimate of drug-likeness (QED) is 0.157. The van der Waals surface area contributed by atoms with Gasteiger partial charge in [0, 0.05) is 6.42 Å². The standard InChI is InChI=1S/C41H50O4Si2/c1-30-36(31(2)42)29-37(44-46(40(3,4)5,32-21-13-9-14-22-32)33-23-15-10-16-24-33)38(43)39(30)45-47(41(6,7)8,34-25-17-11-18-26-34)35-27-19-12-20-28-35/h9-28,37-39,42-43H,1,29H2,2-8H3/b36-31+. The summed E-state index contributed by atoms with van der Waals surface area (Å²) in [4.78, 5) is 0. The van der Waals surface area contributed by atoms with Crippen LogP contribution in [0.1, 0.15) is 54.9 Å². The van der Waals surface area contributed by atoms with E-state index in [0.29, 0.717) is 17.6 Å². The Hall–Kier alpha value is -3.53. The molecule has 4 aromatic carbocycles. The fraction of sp³-hybridized carbons (Fsp3) is 0.317. The third kappa shape index (κ3) is 6.37. The van der Waals surface area contributed by atoms with E-state index in [1.807, 2.05) is 24.3 Å². The summed E-state index contributed by atoms with van der Waals surface area (Å²) in [5.41, 5.74) is 1.29. The molecule has 0 heterocycles. The summed E-state index contributed by atoms with van der Waals surface area (Å²) < 4.78 is 15.1. The minimum absolute atomic E-state index is 0.175. The highest BCUT2D eigenvalue weighted by molar-refractivity contribution is 7.00. The molecule has 0 amide bonds. The fourth-order valence-corrected chi connectivity index (χ4v) is 16.8. The minimum atomic E-state index is -3.11. The first-order chi connectivity index (χ1) is 22.2. The van der Waals surface area contributed by atoms with Crippen molar-refractivity contribution in [1.82, 2.24) is 0 Å². The second-order valence-corrected chi connectivity index (χ2v) is 23.3. The molecule has 1 aliphatic carbocycles. The van der Waals surface area contributed by atoms with Crippen LogP contribution in [0.4, 0.5) is 0 Å². The van der Waals surface area contributed by atoms with Crippen LogP contribution >= 0.6 is 0 Å². The predicted molar refractivity (Wildman–Crippen MR) is 200 cm³/mol. The van der Waals surface area contributed by atoms with Crippen LogP contribution in [0.5, 0.6) is 0 Å². The zero-order valence-electron chi connectivity index (χ0n) is 28.9. The van der Waals surface area contributed by atoms with Gasteiger partial charge in [0.15, 0.2) is 0 Å². The molecule has 1 fully saturated rings. The van der Waals surface area contributed by atoms with Gasteiger partial charge in [0.25, 0.3) is 16.6 Å². The van der Waals surface area contributed by atoms with Crippen LogP contribution in [0.2, 0.25) is 10.1 Å². The van der Waals surface area contributed by atoms with E-state index in [9.17, 15) is 10.2 Å². The number of benzene rings is 4. The molecule has 0 aromatic heterocycles. The Labute approximate surface area is 283 Å². The molecule has 4 nitrogen and oxygen atoms in total. The second kappa shape index (κ2) is 13.5. The molecule has 4 aromatic rings. The van der Waals surface area contributed by atoms with Gasteiger partial charge in [-0.15, -0.1) is 0 Å². The van der Waals surface area contributed by atoms with E-state index in [-0.39, 0.29) is 15.8 Å². The Morgan fingerprint density at radius 3 is 1.23 bits per heavy atom. The second-order valence-electron chi connectivity index (χ2n) is 14.8. The van der Waals surface area contributed by atoms with Gasteiger partial charge in [-0.1, -0.05) is 169 Å². The molecule has 1 aliphatic rings. The number of allylic oxidation sites excluding steroid dienone is 1. The largest absolute Gasteiger partial charge is 0.512 e. The topological polar surface area (TPSA) is 58.9 Å². The molecule has 2 N–H and O–H groups in total. The lowest BCUT2D eigenvalue weighted by molar-refractivity contribution is -0.0406. The number of aliphatic hydroxyl groups excluding tert-OH is 2. The molecule has 47 heavy (non-hydrogen) atoms. The Balaban J connectivity index is 1.70. The molecular formula is C41H50O4Si2. The lowest BCUT2D eigenvalue weighted by atomic mass is 9.83. The molecule has 0 bridgehead atoms. The average molecular weight is 663 g/mol. The van der Waals surface area contributed by atoms with Crippen molar-refractivity contribution in [2.75, 3.05) is 0 Å². The molecule has 0 radical (unpaired) electrons. The minimum Gasteiger partial charge on any atom is -0.512 e. The summed E-state index contributed by atoms with van der Waals surface area (Å²) in [6.45, 7) is 19.5. The van der Waals surface area contributed by atoms with Crippen LogP contribution in [-0.4, -0.2) is 45.2 Å². The van der Waals surface area contributed by atoms with Gasteiger partial charge in [0.05, 0.1) is 18.0 Å². The Kier molecular flexibility index (Phi) is 10.0. The first-order valence-corrected chi connectivity index (χ1v) is 20.4. The predicted octanol–water partition coefficient (Wildman–Crippen LogP) is 7.03. The van der Waals surface area contributed by atoms with Crippen molar-refractivity contribution in [1.29, 1.82) is 0 Å². The van der Waals surface area contributed by atoms with Crippen molar-refractivity contribution in [2.24, 2.45) is 0 Å². The van der Waals surface area contributed by atoms with Crippen molar-refractivity contribution < 1.29 is 19.1 Å². The van der Waals surface area contributed by atoms with E-state index >= 15 is 0 Å². The lowest BCUT2D eigenvalue weighted by Gasteiger charge is -2.51. The highest BCUT2D eigenvalue weighted by atomic mass is 28.4. The molecule has 1 saturated carbocycles. The van der Waals surface area contributed by atoms with Crippen LogP contribution in [0.3, 0.4) is 0 Å². The highest BCUT2D eigenvalue weighted by Crippen LogP contribution is 2.44. The molecule has 246 valence electrons. The highest BCUT2D eigenvalue weighted by Gasteiger charge is 2.57. The zero-order chi connectivity index (χ0) is 34.0. The van der Waals surface area contributed by atoms with Crippen LogP contribution in [0, 0.1) is 0 Å². The van der Waals surface area contributed by atoms with Crippen molar-refractivity contribution in [3.63, 3.8) is 0 Å². The molecule has 3 atom stereocenters. The summed E-state index contributed by atoms with van der Waals surface area (Å²) in [6.07, 6.45) is -2.18. The number of hydrogen-bond donors (Lipinski definition) is 2. The van der Waals surface area contributed by atoms with Crippen molar-refractivity contribution in [3.05, 3.63) is 145 Å². The first kappa shape index (κ1) is 34.8. The van der Waals surface area contributed by atoms with Gasteiger partial charge >= 0.3 is 0 Å². The molecular weight excluding hydrogens is 613 g/mol. The summed E-state index contributed by atoms with van der Waals surface area (Å²) in [5, 5.41) is 27.5. The van der Waals surface area contributed by atoms with Gasteiger partial charge in [-0.2, -0.15) is 0 Å². The fourth-order valence-electron chi connectivity index (χ4n) is 7.46. The lowest BCUT2D eigenvalue weighted by Crippen LogP contribution is -2.71. The van der Waals surface area contributed by atoms with E-state index in [1.165, 1.54) is 0 Å². The molecule has 6 heteroatoms. The number of rotatable bonds is 8. The maximum atomic E-state index is 12.6. The number of aliphatic hydroxyl groups is 2. The zero-order valence-corrected chi connectivity index (χ0v) is 30.9. The molecule has 3 unspecified atom stereocenters. The van der Waals surface area contributed by atoms with E-state index in [0.717, 1.165) is 20.7 Å². The Morgan fingerprint density at radius 1 is 0.617 bits per heavy atom. The van der Waals surface area contributed by atoms with E-state index in [1.54, 1.807) is 6.92 Å². The van der Waals surface area contributed by atoms with Gasteiger partial charge in [-0.25, -0.2) is 0 Å². The van der Waals surface area contributed by atoms with Crippen LogP contribution in [-0.2, 0) is 8.85 Å². The summed E-state index contributed by atoms with van der Waals surface area (Å²) >= 11 is 0. The molecule has 0 saturated heterocycles. The van der Waals surface area contributed by atoms with E-state index in [2.05, 4.69) is 145 Å². The van der Waals surface area contributed by atoms with Crippen molar-refractivity contribution in [2.45, 2.75) is 83.3 Å². The Bertz CT molecular complexity index is 1590. The monoisotopic (exact) mass is 662 g/mol. The van der Waals surface area contributed by atoms with Crippen molar-refractivity contribution >= 4 is 37.4 Å². The SMILES string of the molecule is C=C1/C(=C(\C)O)CC(O[Si](c2ccccc2)(c2ccccc2)C(C)(C)C)C(O)C1O[Si](c1ccccc1)(c1ccccc1)C(C)(C)C. The normalized spacial score (nSPS) is 20.6. The van der Waals surface area contributed by atoms with Gasteiger partial charge in [-0.3, -0.25) is 0 Å². The van der Waals surface area contributed by atoms with Crippen molar-refractivity contribution in [3.8, 4) is 0 Å². The third-order valence-electron chi connectivity index (χ3n) is 9.73. The van der Waals surface area contributed by atoms with Gasteiger partial charge in [0.1, 0.15) is 6.10 Å². The first-order valence-electron chi connectivity index (χ1n) is 16.6. The average Bonchev–Trinajstić information content (AvgIpc) is 3.05. The van der Waals surface area contributed by atoms with Crippen LogP contribution < -0.4 is 20.7 Å². The molecule has 0 aliphatic heterocycles. The maximum absolute atomic E-state index is 12.6. The smallest absolute Gasteiger partial charge is 0.262 e. The van der Waals surface area contributed by atoms with E-state index < -0.39 is 34.9 Å². The third-order valence-corrected chi connectivity index (χ3v) is 19.8. The molecule has 5 rings (SSSR count). The molecule has 0 spiro atoms. The number of hydrogen-bond acceptors (Lipinski definition) is 4. The van der Waals surface area contributed by atoms with Crippen LogP contribution in [0.25, 0.3) is 0 Å². The summed E-state index contributed by atoms with van der Waals surface area (Å²) in [7, 11) is -6.16. The van der Waals surface area contributed by atoms with Crippen LogP contribution in [0.15, 0.2) is 145 Å². The summed E-state index contributed by atoms with van der Waals surface area (Å²) in [6, 6.07) is 41.8. The Morgan fingerprint density at radius 2 is 0.936 bits per heavy atom. The van der Waals surface area contributed by atoms with Gasteiger partial charge < -0.3 is 19.1 Å². The summed E-state index contributed by atoms with van der Waals surface area (Å²) in [5.74, 6) is 0.175. The van der Waals surface area contributed by atoms with Gasteiger partial charge in [0.2, 0.25) is 0 Å². The van der Waals surface area contributed by atoms with Gasteiger partial charge in [-0.05, 0) is 48.9 Å².